The Labute approximate surface area is 170 Å². The first-order chi connectivity index (χ1) is 14.0. The molecular weight excluding hydrogens is 370 g/mol. The summed E-state index contributed by atoms with van der Waals surface area (Å²) in [6.07, 6.45) is -0.356. The van der Waals surface area contributed by atoms with E-state index in [0.717, 1.165) is 5.56 Å². The number of piperazine rings is 1. The molecule has 0 aliphatic carbocycles. The van der Waals surface area contributed by atoms with Crippen LogP contribution in [0.15, 0.2) is 48.5 Å². The Hall–Kier alpha value is -3.35. The highest BCUT2D eigenvalue weighted by Crippen LogP contribution is 2.20. The van der Waals surface area contributed by atoms with Crippen LogP contribution in [0.3, 0.4) is 0 Å². The molecule has 1 aliphatic heterocycles. The van der Waals surface area contributed by atoms with Gasteiger partial charge < -0.3 is 19.9 Å². The van der Waals surface area contributed by atoms with E-state index in [0.29, 0.717) is 49.6 Å². The molecule has 0 aromatic heterocycles. The highest BCUT2D eigenvalue weighted by Gasteiger charge is 2.26. The zero-order valence-electron chi connectivity index (χ0n) is 16.7. The maximum Gasteiger partial charge on any atom is 0.409 e. The van der Waals surface area contributed by atoms with E-state index in [-0.39, 0.29) is 17.9 Å². The van der Waals surface area contributed by atoms with Crippen LogP contribution in [0.25, 0.3) is 0 Å². The van der Waals surface area contributed by atoms with Gasteiger partial charge in [-0.25, -0.2) is 4.79 Å². The van der Waals surface area contributed by atoms with Crippen molar-refractivity contribution in [1.29, 1.82) is 0 Å². The van der Waals surface area contributed by atoms with Crippen molar-refractivity contribution >= 4 is 23.6 Å². The third-order valence-electron chi connectivity index (χ3n) is 4.81. The fourth-order valence-electron chi connectivity index (χ4n) is 3.16. The summed E-state index contributed by atoms with van der Waals surface area (Å²) in [5, 5.41) is 2.84. The molecule has 2 aromatic carbocycles. The Balaban J connectivity index is 1.68. The fourth-order valence-corrected chi connectivity index (χ4v) is 3.16. The van der Waals surface area contributed by atoms with E-state index in [1.807, 2.05) is 19.1 Å². The van der Waals surface area contributed by atoms with Crippen LogP contribution in [-0.4, -0.2) is 60.5 Å². The molecule has 0 radical (unpaired) electrons. The molecule has 1 aliphatic rings. The van der Waals surface area contributed by atoms with Gasteiger partial charge in [-0.2, -0.15) is 0 Å². The highest BCUT2D eigenvalue weighted by molar-refractivity contribution is 6.09. The van der Waals surface area contributed by atoms with Crippen LogP contribution in [0.4, 0.5) is 10.5 Å². The molecule has 7 heteroatoms. The molecule has 3 amide bonds. The minimum absolute atomic E-state index is 0.173. The standard InChI is InChI=1S/C22H25N3O4/c1-3-29-22(28)25-14-12-24(13-15-25)21(27)18-6-4-5-7-19(18)23-20(26)17-10-8-16(2)9-11-17/h4-11H,3,12-15H2,1-2H3,(H,23,26). The van der Waals surface area contributed by atoms with E-state index >= 15 is 0 Å². The topological polar surface area (TPSA) is 79.0 Å². The van der Waals surface area contributed by atoms with E-state index < -0.39 is 0 Å². The van der Waals surface area contributed by atoms with Gasteiger partial charge in [0.15, 0.2) is 0 Å². The number of hydrogen-bond donors (Lipinski definition) is 1. The zero-order chi connectivity index (χ0) is 20.8. The van der Waals surface area contributed by atoms with Crippen molar-refractivity contribution in [3.8, 4) is 0 Å². The van der Waals surface area contributed by atoms with Crippen molar-refractivity contribution in [1.82, 2.24) is 9.80 Å². The van der Waals surface area contributed by atoms with E-state index in [4.69, 9.17) is 4.74 Å². The van der Waals surface area contributed by atoms with Crippen LogP contribution < -0.4 is 5.32 Å². The second-order valence-electron chi connectivity index (χ2n) is 6.84. The number of hydrogen-bond acceptors (Lipinski definition) is 4. The van der Waals surface area contributed by atoms with Gasteiger partial charge in [-0.05, 0) is 38.1 Å². The van der Waals surface area contributed by atoms with Crippen LogP contribution >= 0.6 is 0 Å². The van der Waals surface area contributed by atoms with Gasteiger partial charge in [0.05, 0.1) is 17.9 Å². The quantitative estimate of drug-likeness (QED) is 0.863. The predicted molar refractivity (Wildman–Crippen MR) is 110 cm³/mol. The molecule has 0 bridgehead atoms. The molecular formula is C22H25N3O4. The summed E-state index contributed by atoms with van der Waals surface area (Å²) in [7, 11) is 0. The first-order valence-corrected chi connectivity index (χ1v) is 9.67. The number of nitrogens with zero attached hydrogens (tertiary/aromatic N) is 2. The van der Waals surface area contributed by atoms with Gasteiger partial charge in [0, 0.05) is 31.7 Å². The maximum absolute atomic E-state index is 13.0. The molecule has 0 unspecified atom stereocenters. The molecule has 1 saturated heterocycles. The number of carbonyl (C=O) groups is 3. The summed E-state index contributed by atoms with van der Waals surface area (Å²) in [5.41, 5.74) is 2.49. The number of amides is 3. The van der Waals surface area contributed by atoms with Crippen LogP contribution in [0.1, 0.15) is 33.2 Å². The van der Waals surface area contributed by atoms with Crippen LogP contribution in [0.5, 0.6) is 0 Å². The fraction of sp³-hybridized carbons (Fsp3) is 0.318. The lowest BCUT2D eigenvalue weighted by atomic mass is 10.1. The van der Waals surface area contributed by atoms with Gasteiger partial charge in [-0.1, -0.05) is 29.8 Å². The normalized spacial score (nSPS) is 13.7. The Kier molecular flexibility index (Phi) is 6.49. The second kappa shape index (κ2) is 9.23. The molecule has 3 rings (SSSR count). The van der Waals surface area contributed by atoms with Gasteiger partial charge in [-0.15, -0.1) is 0 Å². The highest BCUT2D eigenvalue weighted by atomic mass is 16.6. The monoisotopic (exact) mass is 395 g/mol. The second-order valence-corrected chi connectivity index (χ2v) is 6.84. The SMILES string of the molecule is CCOC(=O)N1CCN(C(=O)c2ccccc2NC(=O)c2ccc(C)cc2)CC1. The zero-order valence-corrected chi connectivity index (χ0v) is 16.7. The van der Waals surface area contributed by atoms with Crippen molar-refractivity contribution in [3.05, 3.63) is 65.2 Å². The maximum atomic E-state index is 13.0. The largest absolute Gasteiger partial charge is 0.450 e. The van der Waals surface area contributed by atoms with Crippen molar-refractivity contribution in [2.45, 2.75) is 13.8 Å². The van der Waals surface area contributed by atoms with E-state index in [9.17, 15) is 14.4 Å². The number of ether oxygens (including phenoxy) is 1. The summed E-state index contributed by atoms with van der Waals surface area (Å²) in [5.74, 6) is -0.439. The smallest absolute Gasteiger partial charge is 0.409 e. The van der Waals surface area contributed by atoms with E-state index in [1.165, 1.54) is 0 Å². The minimum Gasteiger partial charge on any atom is -0.450 e. The first kappa shape index (κ1) is 20.4. The molecule has 152 valence electrons. The molecule has 1 heterocycles. The predicted octanol–water partition coefficient (Wildman–Crippen LogP) is 3.16. The third kappa shape index (κ3) is 4.93. The number of anilines is 1. The number of nitrogens with one attached hydrogen (secondary N) is 1. The Bertz CT molecular complexity index is 887. The van der Waals surface area contributed by atoms with Crippen molar-refractivity contribution in [2.75, 3.05) is 38.1 Å². The average molecular weight is 395 g/mol. The van der Waals surface area contributed by atoms with Crippen molar-refractivity contribution in [3.63, 3.8) is 0 Å². The van der Waals surface area contributed by atoms with Crippen molar-refractivity contribution in [2.24, 2.45) is 0 Å². The van der Waals surface area contributed by atoms with Crippen LogP contribution in [-0.2, 0) is 4.74 Å². The molecule has 0 saturated carbocycles. The lowest BCUT2D eigenvalue weighted by Crippen LogP contribution is -2.50. The number of rotatable bonds is 4. The lowest BCUT2D eigenvalue weighted by molar-refractivity contribution is 0.0571. The molecule has 2 aromatic rings. The Morgan fingerprint density at radius 1 is 0.931 bits per heavy atom. The third-order valence-corrected chi connectivity index (χ3v) is 4.81. The summed E-state index contributed by atoms with van der Waals surface area (Å²) >= 11 is 0. The van der Waals surface area contributed by atoms with Gasteiger partial charge in [-0.3, -0.25) is 9.59 Å². The Morgan fingerprint density at radius 3 is 2.21 bits per heavy atom. The molecule has 1 N–H and O–H groups in total. The van der Waals surface area contributed by atoms with E-state index in [2.05, 4.69) is 5.32 Å². The molecule has 0 spiro atoms. The van der Waals surface area contributed by atoms with Crippen LogP contribution in [0.2, 0.25) is 0 Å². The average Bonchev–Trinajstić information content (AvgIpc) is 2.74. The summed E-state index contributed by atoms with van der Waals surface area (Å²) in [4.78, 5) is 40.7. The van der Waals surface area contributed by atoms with Gasteiger partial charge >= 0.3 is 6.09 Å². The summed E-state index contributed by atoms with van der Waals surface area (Å²) < 4.78 is 5.01. The summed E-state index contributed by atoms with van der Waals surface area (Å²) in [6, 6.07) is 14.2. The van der Waals surface area contributed by atoms with Crippen LogP contribution in [0, 0.1) is 6.92 Å². The van der Waals surface area contributed by atoms with E-state index in [1.54, 1.807) is 53.1 Å². The minimum atomic E-state index is -0.356. The Morgan fingerprint density at radius 2 is 1.55 bits per heavy atom. The van der Waals surface area contributed by atoms with Gasteiger partial charge in [0.2, 0.25) is 0 Å². The van der Waals surface area contributed by atoms with Gasteiger partial charge in [0.1, 0.15) is 0 Å². The molecule has 29 heavy (non-hydrogen) atoms. The van der Waals surface area contributed by atoms with Gasteiger partial charge in [0.25, 0.3) is 11.8 Å². The molecule has 7 nitrogen and oxygen atoms in total. The first-order valence-electron chi connectivity index (χ1n) is 9.67. The number of aryl methyl sites for hydroxylation is 1. The molecule has 1 fully saturated rings. The molecule has 0 atom stereocenters. The number of para-hydroxylation sites is 1. The lowest BCUT2D eigenvalue weighted by Gasteiger charge is -2.34. The van der Waals surface area contributed by atoms with Crippen molar-refractivity contribution < 1.29 is 19.1 Å². The summed E-state index contributed by atoms with van der Waals surface area (Å²) in [6.45, 7) is 5.71. The number of carbonyl (C=O) groups excluding carboxylic acids is 3. The number of benzene rings is 2.